The van der Waals surface area contributed by atoms with Crippen molar-refractivity contribution in [2.75, 3.05) is 25.7 Å². The van der Waals surface area contributed by atoms with E-state index in [2.05, 4.69) is 10.3 Å². The van der Waals surface area contributed by atoms with Gasteiger partial charge in [0.1, 0.15) is 0 Å². The first-order valence-electron chi connectivity index (χ1n) is 5.38. The summed E-state index contributed by atoms with van der Waals surface area (Å²) in [5.74, 6) is 0.345. The number of rotatable bonds is 7. The predicted octanol–water partition coefficient (Wildman–Crippen LogP) is -0.343. The zero-order valence-electron chi connectivity index (χ0n) is 10.4. The monoisotopic (exact) mass is 271 g/mol. The molecule has 0 fully saturated rings. The van der Waals surface area contributed by atoms with Crippen LogP contribution in [0.4, 0.5) is 0 Å². The van der Waals surface area contributed by atoms with Crippen molar-refractivity contribution in [2.24, 2.45) is 5.73 Å². The van der Waals surface area contributed by atoms with Crippen molar-refractivity contribution in [1.29, 1.82) is 0 Å². The van der Waals surface area contributed by atoms with Crippen molar-refractivity contribution in [3.05, 3.63) is 23.5 Å². The number of carbonyl (C=O) groups excluding carboxylic acids is 1. The van der Waals surface area contributed by atoms with Gasteiger partial charge in [-0.05, 0) is 11.6 Å². The summed E-state index contributed by atoms with van der Waals surface area (Å²) in [6, 6.07) is 1.71. The predicted molar refractivity (Wildman–Crippen MR) is 69.9 cm³/mol. The first-order valence-corrected chi connectivity index (χ1v) is 7.10. The SMILES string of the molecule is COc1cc(CNCCS(C)=O)cnc1C(N)=O. The Morgan fingerprint density at radius 2 is 2.33 bits per heavy atom. The number of amides is 1. The van der Waals surface area contributed by atoms with Gasteiger partial charge in [0.25, 0.3) is 5.91 Å². The fourth-order valence-electron chi connectivity index (χ4n) is 1.37. The number of nitrogens with one attached hydrogen (secondary N) is 1. The number of pyridine rings is 1. The van der Waals surface area contributed by atoms with E-state index in [1.165, 1.54) is 7.11 Å². The molecule has 100 valence electrons. The molecule has 0 aliphatic carbocycles. The van der Waals surface area contributed by atoms with Gasteiger partial charge in [-0.1, -0.05) is 0 Å². The fourth-order valence-corrected chi connectivity index (χ4v) is 1.80. The highest BCUT2D eigenvalue weighted by molar-refractivity contribution is 7.84. The highest BCUT2D eigenvalue weighted by atomic mass is 32.2. The average molecular weight is 271 g/mol. The Morgan fingerprint density at radius 1 is 1.61 bits per heavy atom. The van der Waals surface area contributed by atoms with Gasteiger partial charge in [-0.15, -0.1) is 0 Å². The minimum absolute atomic E-state index is 0.121. The molecule has 1 aromatic heterocycles. The van der Waals surface area contributed by atoms with Crippen molar-refractivity contribution in [1.82, 2.24) is 10.3 Å². The molecule has 7 heteroatoms. The molecule has 0 bridgehead atoms. The summed E-state index contributed by atoms with van der Waals surface area (Å²) >= 11 is 0. The van der Waals surface area contributed by atoms with Crippen LogP contribution in [0.25, 0.3) is 0 Å². The molecular formula is C11H17N3O3S. The number of hydrogen-bond donors (Lipinski definition) is 2. The molecule has 3 N–H and O–H groups in total. The van der Waals surface area contributed by atoms with E-state index in [1.54, 1.807) is 18.5 Å². The number of ether oxygens (including phenoxy) is 1. The van der Waals surface area contributed by atoms with Gasteiger partial charge >= 0.3 is 0 Å². The molecule has 1 rings (SSSR count). The molecule has 1 aromatic rings. The molecular weight excluding hydrogens is 254 g/mol. The van der Waals surface area contributed by atoms with Gasteiger partial charge in [0.15, 0.2) is 11.4 Å². The minimum atomic E-state index is -0.803. The quantitative estimate of drug-likeness (QED) is 0.661. The van der Waals surface area contributed by atoms with Gasteiger partial charge in [-0.3, -0.25) is 9.00 Å². The highest BCUT2D eigenvalue weighted by Crippen LogP contribution is 2.16. The largest absolute Gasteiger partial charge is 0.494 e. The summed E-state index contributed by atoms with van der Waals surface area (Å²) in [7, 11) is 0.656. The number of hydrogen-bond acceptors (Lipinski definition) is 5. The standard InChI is InChI=1S/C11H17N3O3S/c1-17-9-5-8(6-13-3-4-18(2)16)7-14-10(9)11(12)15/h5,7,13H,3-4,6H2,1-2H3,(H2,12,15). The van der Waals surface area contributed by atoms with Crippen molar-refractivity contribution in [3.8, 4) is 5.75 Å². The molecule has 0 radical (unpaired) electrons. The van der Waals surface area contributed by atoms with Crippen molar-refractivity contribution >= 4 is 16.7 Å². The third kappa shape index (κ3) is 4.42. The van der Waals surface area contributed by atoms with E-state index < -0.39 is 16.7 Å². The Balaban J connectivity index is 2.62. The molecule has 1 heterocycles. The van der Waals surface area contributed by atoms with Crippen LogP contribution in [0.2, 0.25) is 0 Å². The maximum Gasteiger partial charge on any atom is 0.271 e. The van der Waals surface area contributed by atoms with Crippen molar-refractivity contribution < 1.29 is 13.7 Å². The number of nitrogens with zero attached hydrogens (tertiary/aromatic N) is 1. The van der Waals surface area contributed by atoms with Crippen LogP contribution in [0.15, 0.2) is 12.3 Å². The molecule has 0 spiro atoms. The number of primary amides is 1. The van der Waals surface area contributed by atoms with Gasteiger partial charge < -0.3 is 15.8 Å². The van der Waals surface area contributed by atoms with E-state index >= 15 is 0 Å². The zero-order valence-corrected chi connectivity index (χ0v) is 11.3. The van der Waals surface area contributed by atoms with E-state index in [4.69, 9.17) is 10.5 Å². The fraction of sp³-hybridized carbons (Fsp3) is 0.455. The molecule has 0 aromatic carbocycles. The number of nitrogens with two attached hydrogens (primary N) is 1. The minimum Gasteiger partial charge on any atom is -0.494 e. The first-order chi connectivity index (χ1) is 8.54. The lowest BCUT2D eigenvalue weighted by atomic mass is 10.2. The Morgan fingerprint density at radius 3 is 2.89 bits per heavy atom. The molecule has 1 atom stereocenters. The lowest BCUT2D eigenvalue weighted by molar-refractivity contribution is 0.0992. The smallest absolute Gasteiger partial charge is 0.271 e. The second-order valence-electron chi connectivity index (χ2n) is 3.71. The molecule has 1 amide bonds. The van der Waals surface area contributed by atoms with E-state index in [0.717, 1.165) is 5.56 Å². The molecule has 1 unspecified atom stereocenters. The van der Waals surface area contributed by atoms with Gasteiger partial charge in [-0.25, -0.2) is 4.98 Å². The third-order valence-electron chi connectivity index (χ3n) is 2.26. The molecule has 0 aliphatic heterocycles. The average Bonchev–Trinajstić information content (AvgIpc) is 2.33. The summed E-state index contributed by atoms with van der Waals surface area (Å²) < 4.78 is 15.9. The van der Waals surface area contributed by atoms with E-state index in [1.807, 2.05) is 0 Å². The summed E-state index contributed by atoms with van der Waals surface area (Å²) in [6.07, 6.45) is 3.23. The summed E-state index contributed by atoms with van der Waals surface area (Å²) in [5.41, 5.74) is 6.16. The van der Waals surface area contributed by atoms with Crippen molar-refractivity contribution in [3.63, 3.8) is 0 Å². The van der Waals surface area contributed by atoms with Gasteiger partial charge in [0.2, 0.25) is 0 Å². The maximum absolute atomic E-state index is 11.1. The zero-order chi connectivity index (χ0) is 13.5. The van der Waals surface area contributed by atoms with Gasteiger partial charge in [-0.2, -0.15) is 0 Å². The molecule has 0 aliphatic rings. The Kier molecular flexibility index (Phi) is 5.73. The summed E-state index contributed by atoms with van der Waals surface area (Å²) in [4.78, 5) is 15.0. The molecule has 6 nitrogen and oxygen atoms in total. The lowest BCUT2D eigenvalue weighted by Gasteiger charge is -2.08. The van der Waals surface area contributed by atoms with Crippen LogP contribution in [0, 0.1) is 0 Å². The maximum atomic E-state index is 11.1. The second-order valence-corrected chi connectivity index (χ2v) is 5.27. The van der Waals surface area contributed by atoms with Crippen LogP contribution in [0.1, 0.15) is 16.1 Å². The molecule has 18 heavy (non-hydrogen) atoms. The van der Waals surface area contributed by atoms with Gasteiger partial charge in [0.05, 0.1) is 7.11 Å². The number of carbonyl (C=O) groups is 1. The lowest BCUT2D eigenvalue weighted by Crippen LogP contribution is -2.20. The van der Waals surface area contributed by atoms with E-state index in [0.29, 0.717) is 24.6 Å². The molecule has 0 saturated carbocycles. The topological polar surface area (TPSA) is 94.3 Å². The van der Waals surface area contributed by atoms with E-state index in [-0.39, 0.29) is 5.69 Å². The molecule has 0 saturated heterocycles. The van der Waals surface area contributed by atoms with Crippen LogP contribution in [0.3, 0.4) is 0 Å². The van der Waals surface area contributed by atoms with Crippen LogP contribution in [0.5, 0.6) is 5.75 Å². The number of aromatic nitrogens is 1. The second kappa shape index (κ2) is 7.07. The van der Waals surface area contributed by atoms with E-state index in [9.17, 15) is 9.00 Å². The van der Waals surface area contributed by atoms with Crippen LogP contribution in [-0.2, 0) is 17.3 Å². The van der Waals surface area contributed by atoms with Crippen molar-refractivity contribution in [2.45, 2.75) is 6.54 Å². The van der Waals surface area contributed by atoms with Crippen LogP contribution < -0.4 is 15.8 Å². The number of methoxy groups -OCH3 is 1. The Hall–Kier alpha value is -1.47. The summed E-state index contributed by atoms with van der Waals surface area (Å²) in [6.45, 7) is 1.22. The normalized spacial score (nSPS) is 12.1. The third-order valence-corrected chi connectivity index (χ3v) is 3.04. The van der Waals surface area contributed by atoms with Gasteiger partial charge in [0, 0.05) is 42.1 Å². The summed E-state index contributed by atoms with van der Waals surface area (Å²) in [5, 5.41) is 3.13. The first kappa shape index (κ1) is 14.6. The van der Waals surface area contributed by atoms with Crippen LogP contribution >= 0.6 is 0 Å². The van der Waals surface area contributed by atoms with Crippen LogP contribution in [-0.4, -0.2) is 40.8 Å². The highest BCUT2D eigenvalue weighted by Gasteiger charge is 2.11. The Bertz CT molecular complexity index is 451. The Labute approximate surface area is 108 Å².